The van der Waals surface area contributed by atoms with Crippen molar-refractivity contribution in [2.75, 3.05) is 25.5 Å². The van der Waals surface area contributed by atoms with Crippen molar-refractivity contribution in [2.24, 2.45) is 0 Å². The summed E-state index contributed by atoms with van der Waals surface area (Å²) in [5.41, 5.74) is 1.68. The summed E-state index contributed by atoms with van der Waals surface area (Å²) in [6.45, 7) is 2.81. The Balaban J connectivity index is 1.69. The van der Waals surface area contributed by atoms with E-state index < -0.39 is 10.9 Å². The summed E-state index contributed by atoms with van der Waals surface area (Å²) in [5, 5.41) is 14.5. The van der Waals surface area contributed by atoms with E-state index in [4.69, 9.17) is 0 Å². The van der Waals surface area contributed by atoms with Crippen molar-refractivity contribution in [3.8, 4) is 0 Å². The number of hydrogen-bond acceptors (Lipinski definition) is 6. The molecule has 1 aliphatic heterocycles. The Kier molecular flexibility index (Phi) is 6.03. The Morgan fingerprint density at radius 3 is 2.78 bits per heavy atom. The molecule has 1 fully saturated rings. The molecule has 1 saturated heterocycles. The fraction of sp³-hybridized carbons (Fsp3) is 0.350. The van der Waals surface area contributed by atoms with E-state index in [1.807, 2.05) is 18.2 Å². The number of carbonyl (C=O) groups is 1. The number of nitro benzene ring substituents is 1. The molecule has 3 rings (SSSR count). The fourth-order valence-corrected chi connectivity index (χ4v) is 3.45. The first-order valence-electron chi connectivity index (χ1n) is 8.96. The van der Waals surface area contributed by atoms with Crippen LogP contribution in [-0.2, 0) is 11.3 Å². The van der Waals surface area contributed by atoms with E-state index in [1.165, 1.54) is 24.8 Å². The molecule has 0 radical (unpaired) electrons. The largest absolute Gasteiger partial charge is 0.465 e. The first kappa shape index (κ1) is 18.8. The summed E-state index contributed by atoms with van der Waals surface area (Å²) in [7, 11) is 1.22. The van der Waals surface area contributed by atoms with Gasteiger partial charge in [0.2, 0.25) is 0 Å². The third-order valence-corrected chi connectivity index (χ3v) is 4.72. The summed E-state index contributed by atoms with van der Waals surface area (Å²) < 4.78 is 4.68. The first-order chi connectivity index (χ1) is 13.1. The third-order valence-electron chi connectivity index (χ3n) is 4.72. The van der Waals surface area contributed by atoms with Crippen LogP contribution < -0.4 is 5.32 Å². The summed E-state index contributed by atoms with van der Waals surface area (Å²) in [6, 6.07) is 15.0. The Hall–Kier alpha value is -2.93. The second-order valence-electron chi connectivity index (χ2n) is 6.68. The van der Waals surface area contributed by atoms with Gasteiger partial charge in [0.1, 0.15) is 5.56 Å². The molecule has 0 bridgehead atoms. The van der Waals surface area contributed by atoms with Crippen molar-refractivity contribution >= 4 is 17.3 Å². The number of nitro groups is 1. The molecule has 0 saturated carbocycles. The zero-order chi connectivity index (χ0) is 19.2. The minimum Gasteiger partial charge on any atom is -0.465 e. The predicted molar refractivity (Wildman–Crippen MR) is 103 cm³/mol. The molecule has 0 spiro atoms. The smallest absolute Gasteiger partial charge is 0.344 e. The number of nitrogens with zero attached hydrogens (tertiary/aromatic N) is 2. The number of piperidine rings is 1. The molecule has 7 heteroatoms. The number of esters is 1. The molecule has 27 heavy (non-hydrogen) atoms. The lowest BCUT2D eigenvalue weighted by Crippen LogP contribution is -2.41. The highest BCUT2D eigenvalue weighted by Crippen LogP contribution is 2.25. The van der Waals surface area contributed by atoms with Crippen molar-refractivity contribution in [2.45, 2.75) is 25.4 Å². The second kappa shape index (κ2) is 8.64. The van der Waals surface area contributed by atoms with E-state index >= 15 is 0 Å². The zero-order valence-electron chi connectivity index (χ0n) is 15.3. The molecule has 2 aromatic carbocycles. The number of likely N-dealkylation sites (tertiary alicyclic amines) is 1. The molecule has 7 nitrogen and oxygen atoms in total. The fourth-order valence-electron chi connectivity index (χ4n) is 3.45. The lowest BCUT2D eigenvalue weighted by atomic mass is 10.0. The number of rotatable bonds is 6. The highest BCUT2D eigenvalue weighted by Gasteiger charge is 2.24. The van der Waals surface area contributed by atoms with Crippen molar-refractivity contribution in [3.05, 3.63) is 69.8 Å². The molecule has 1 atom stereocenters. The highest BCUT2D eigenvalue weighted by molar-refractivity contribution is 5.95. The van der Waals surface area contributed by atoms with Crippen LogP contribution >= 0.6 is 0 Å². The summed E-state index contributed by atoms with van der Waals surface area (Å²) in [5.74, 6) is -0.709. The first-order valence-corrected chi connectivity index (χ1v) is 8.96. The number of carbonyl (C=O) groups excluding carboxylic acids is 1. The maximum atomic E-state index is 11.9. The molecule has 1 heterocycles. The van der Waals surface area contributed by atoms with E-state index in [0.717, 1.165) is 32.5 Å². The second-order valence-corrected chi connectivity index (χ2v) is 6.68. The normalized spacial score (nSPS) is 17.3. The van der Waals surface area contributed by atoms with Crippen LogP contribution in [0.2, 0.25) is 0 Å². The van der Waals surface area contributed by atoms with Crippen molar-refractivity contribution < 1.29 is 14.5 Å². The Bertz CT molecular complexity index is 810. The van der Waals surface area contributed by atoms with Gasteiger partial charge in [0, 0.05) is 30.9 Å². The van der Waals surface area contributed by atoms with Gasteiger partial charge in [0.05, 0.1) is 12.0 Å². The summed E-state index contributed by atoms with van der Waals surface area (Å²) >= 11 is 0. The van der Waals surface area contributed by atoms with Crippen LogP contribution in [0.25, 0.3) is 0 Å². The van der Waals surface area contributed by atoms with Gasteiger partial charge in [-0.3, -0.25) is 15.0 Å². The molecule has 1 aliphatic rings. The molecular weight excluding hydrogens is 346 g/mol. The highest BCUT2D eigenvalue weighted by atomic mass is 16.6. The monoisotopic (exact) mass is 369 g/mol. The van der Waals surface area contributed by atoms with Crippen molar-refractivity contribution in [3.63, 3.8) is 0 Å². The number of anilines is 1. The maximum absolute atomic E-state index is 11.9. The zero-order valence-corrected chi connectivity index (χ0v) is 15.3. The van der Waals surface area contributed by atoms with Crippen LogP contribution in [-0.4, -0.2) is 42.0 Å². The lowest BCUT2D eigenvalue weighted by Gasteiger charge is -2.33. The van der Waals surface area contributed by atoms with Crippen LogP contribution in [0.4, 0.5) is 11.4 Å². The Labute approximate surface area is 158 Å². The Morgan fingerprint density at radius 1 is 1.30 bits per heavy atom. The quantitative estimate of drug-likeness (QED) is 0.477. The molecule has 0 amide bonds. The predicted octanol–water partition coefficient (Wildman–Crippen LogP) is 3.46. The standard InChI is InChI=1S/C20H23N3O4/c1-27-20(24)18-12-16(9-10-19(18)23(25)26)21-17-8-5-11-22(14-17)13-15-6-3-2-4-7-15/h2-4,6-7,9-10,12,17,21H,5,8,11,13-14H2,1H3. The van der Waals surface area contributed by atoms with Crippen LogP contribution in [0.5, 0.6) is 0 Å². The van der Waals surface area contributed by atoms with Crippen LogP contribution in [0.3, 0.4) is 0 Å². The minimum atomic E-state index is -0.709. The summed E-state index contributed by atoms with van der Waals surface area (Å²) in [6.07, 6.45) is 2.08. The average molecular weight is 369 g/mol. The van der Waals surface area contributed by atoms with Crippen LogP contribution in [0, 0.1) is 10.1 Å². The molecular formula is C20H23N3O4. The van der Waals surface area contributed by atoms with Crippen molar-refractivity contribution in [1.82, 2.24) is 4.90 Å². The van der Waals surface area contributed by atoms with E-state index in [-0.39, 0.29) is 17.3 Å². The van der Waals surface area contributed by atoms with E-state index in [9.17, 15) is 14.9 Å². The molecule has 1 unspecified atom stereocenters. The molecule has 0 aliphatic carbocycles. The van der Waals surface area contributed by atoms with Gasteiger partial charge in [-0.25, -0.2) is 4.79 Å². The van der Waals surface area contributed by atoms with Gasteiger partial charge < -0.3 is 10.1 Å². The number of methoxy groups -OCH3 is 1. The minimum absolute atomic E-state index is 0.0375. The lowest BCUT2D eigenvalue weighted by molar-refractivity contribution is -0.385. The topological polar surface area (TPSA) is 84.7 Å². The molecule has 142 valence electrons. The van der Waals surface area contributed by atoms with Crippen LogP contribution in [0.1, 0.15) is 28.8 Å². The molecule has 2 aromatic rings. The van der Waals surface area contributed by atoms with Gasteiger partial charge in [-0.2, -0.15) is 0 Å². The number of nitrogens with one attached hydrogen (secondary N) is 1. The number of hydrogen-bond donors (Lipinski definition) is 1. The Morgan fingerprint density at radius 2 is 2.07 bits per heavy atom. The van der Waals surface area contributed by atoms with Gasteiger partial charge in [0.25, 0.3) is 5.69 Å². The van der Waals surface area contributed by atoms with Gasteiger partial charge in [-0.15, -0.1) is 0 Å². The molecule has 0 aromatic heterocycles. The van der Waals surface area contributed by atoms with Gasteiger partial charge >= 0.3 is 5.97 Å². The third kappa shape index (κ3) is 4.83. The van der Waals surface area contributed by atoms with Crippen molar-refractivity contribution in [1.29, 1.82) is 0 Å². The average Bonchev–Trinajstić information content (AvgIpc) is 2.68. The summed E-state index contributed by atoms with van der Waals surface area (Å²) in [4.78, 5) is 24.8. The SMILES string of the molecule is COC(=O)c1cc(NC2CCCN(Cc3ccccc3)C2)ccc1[N+](=O)[O-]. The number of benzene rings is 2. The van der Waals surface area contributed by atoms with Gasteiger partial charge in [-0.05, 0) is 37.1 Å². The van der Waals surface area contributed by atoms with E-state index in [0.29, 0.717) is 5.69 Å². The van der Waals surface area contributed by atoms with E-state index in [1.54, 1.807) is 6.07 Å². The van der Waals surface area contributed by atoms with Gasteiger partial charge in [0.15, 0.2) is 0 Å². The number of ether oxygens (including phenoxy) is 1. The van der Waals surface area contributed by atoms with Gasteiger partial charge in [-0.1, -0.05) is 30.3 Å². The molecule has 1 N–H and O–H groups in total. The van der Waals surface area contributed by atoms with E-state index in [2.05, 4.69) is 27.1 Å². The maximum Gasteiger partial charge on any atom is 0.344 e. The van der Waals surface area contributed by atoms with Crippen LogP contribution in [0.15, 0.2) is 48.5 Å².